The van der Waals surface area contributed by atoms with Gasteiger partial charge in [0.15, 0.2) is 5.79 Å². The fourth-order valence-corrected chi connectivity index (χ4v) is 7.69. The van der Waals surface area contributed by atoms with Crippen molar-refractivity contribution in [1.82, 2.24) is 0 Å². The summed E-state index contributed by atoms with van der Waals surface area (Å²) >= 11 is 0. The highest BCUT2D eigenvalue weighted by atomic mass is 16.7. The molecular formula is C23H34O4. The quantitative estimate of drug-likeness (QED) is 0.496. The summed E-state index contributed by atoms with van der Waals surface area (Å²) in [5.41, 5.74) is 2.06. The van der Waals surface area contributed by atoms with Crippen molar-refractivity contribution in [3.8, 4) is 0 Å². The van der Waals surface area contributed by atoms with E-state index in [9.17, 15) is 4.79 Å². The van der Waals surface area contributed by atoms with Gasteiger partial charge in [0, 0.05) is 25.2 Å². The maximum Gasteiger partial charge on any atom is 0.302 e. The van der Waals surface area contributed by atoms with E-state index in [2.05, 4.69) is 19.9 Å². The van der Waals surface area contributed by atoms with Gasteiger partial charge in [-0.2, -0.15) is 0 Å². The Morgan fingerprint density at radius 3 is 2.59 bits per heavy atom. The maximum atomic E-state index is 11.6. The van der Waals surface area contributed by atoms with Crippen molar-refractivity contribution in [2.75, 3.05) is 13.2 Å². The van der Waals surface area contributed by atoms with E-state index in [4.69, 9.17) is 14.2 Å². The van der Waals surface area contributed by atoms with Gasteiger partial charge in [-0.1, -0.05) is 25.5 Å². The molecule has 0 radical (unpaired) electrons. The van der Waals surface area contributed by atoms with Crippen LogP contribution in [-0.4, -0.2) is 31.1 Å². The smallest absolute Gasteiger partial charge is 0.302 e. The Balaban J connectivity index is 1.41. The van der Waals surface area contributed by atoms with Crippen molar-refractivity contribution in [2.24, 2.45) is 28.6 Å². The normalized spacial score (nSPS) is 47.7. The zero-order valence-corrected chi connectivity index (χ0v) is 17.1. The number of carbonyl (C=O) groups excluding carboxylic acids is 1. The predicted octanol–water partition coefficient (Wildman–Crippen LogP) is 4.62. The highest BCUT2D eigenvalue weighted by molar-refractivity contribution is 5.66. The number of hydrogen-bond acceptors (Lipinski definition) is 4. The first kappa shape index (κ1) is 18.2. The molecule has 4 aliphatic carbocycles. The molecule has 1 heterocycles. The first-order valence-corrected chi connectivity index (χ1v) is 11.0. The third kappa shape index (κ3) is 2.58. The summed E-state index contributed by atoms with van der Waals surface area (Å²) in [7, 11) is 0. The average Bonchev–Trinajstić information content (AvgIpc) is 3.21. The summed E-state index contributed by atoms with van der Waals surface area (Å²) in [5.74, 6) is 1.73. The highest BCUT2D eigenvalue weighted by Crippen LogP contribution is 2.66. The molecule has 1 aliphatic heterocycles. The number of fused-ring (bicyclic) bond motifs is 5. The molecule has 0 bridgehead atoms. The maximum absolute atomic E-state index is 11.6. The van der Waals surface area contributed by atoms with Crippen molar-refractivity contribution >= 4 is 5.97 Å². The third-order valence-corrected chi connectivity index (χ3v) is 9.15. The number of rotatable bonds is 1. The van der Waals surface area contributed by atoms with Crippen molar-refractivity contribution in [2.45, 2.75) is 84.0 Å². The summed E-state index contributed by atoms with van der Waals surface area (Å²) in [6.07, 6.45) is 11.7. The van der Waals surface area contributed by atoms with Crippen LogP contribution < -0.4 is 0 Å². The van der Waals surface area contributed by atoms with Gasteiger partial charge in [0.2, 0.25) is 0 Å². The Hall–Kier alpha value is -0.870. The average molecular weight is 375 g/mol. The van der Waals surface area contributed by atoms with E-state index in [0.717, 1.165) is 44.3 Å². The monoisotopic (exact) mass is 374 g/mol. The molecule has 6 atom stereocenters. The second-order valence-electron chi connectivity index (χ2n) is 10.3. The van der Waals surface area contributed by atoms with Gasteiger partial charge in [0.1, 0.15) is 6.10 Å². The van der Waals surface area contributed by atoms with Gasteiger partial charge in [-0.25, -0.2) is 0 Å². The molecule has 0 aromatic carbocycles. The highest BCUT2D eigenvalue weighted by Gasteiger charge is 2.61. The molecule has 4 nitrogen and oxygen atoms in total. The molecule has 27 heavy (non-hydrogen) atoms. The first-order valence-electron chi connectivity index (χ1n) is 11.0. The minimum Gasteiger partial charge on any atom is -0.462 e. The summed E-state index contributed by atoms with van der Waals surface area (Å²) in [5, 5.41) is 0. The van der Waals surface area contributed by atoms with Crippen LogP contribution in [0.25, 0.3) is 0 Å². The van der Waals surface area contributed by atoms with Crippen LogP contribution in [0, 0.1) is 28.6 Å². The van der Waals surface area contributed by atoms with E-state index >= 15 is 0 Å². The molecule has 0 aromatic rings. The van der Waals surface area contributed by atoms with Crippen LogP contribution in [0.15, 0.2) is 11.6 Å². The van der Waals surface area contributed by atoms with E-state index in [1.165, 1.54) is 32.1 Å². The molecule has 4 fully saturated rings. The Morgan fingerprint density at radius 2 is 1.85 bits per heavy atom. The molecule has 1 spiro atoms. The zero-order chi connectivity index (χ0) is 18.9. The van der Waals surface area contributed by atoms with Gasteiger partial charge in [-0.3, -0.25) is 4.79 Å². The van der Waals surface area contributed by atoms with Gasteiger partial charge >= 0.3 is 5.97 Å². The van der Waals surface area contributed by atoms with Crippen LogP contribution in [0.2, 0.25) is 0 Å². The van der Waals surface area contributed by atoms with Crippen LogP contribution >= 0.6 is 0 Å². The van der Waals surface area contributed by atoms with E-state index in [0.29, 0.717) is 11.3 Å². The van der Waals surface area contributed by atoms with Crippen molar-refractivity contribution in [1.29, 1.82) is 0 Å². The van der Waals surface area contributed by atoms with Gasteiger partial charge in [-0.15, -0.1) is 0 Å². The van der Waals surface area contributed by atoms with E-state index in [-0.39, 0.29) is 23.3 Å². The standard InChI is InChI=1S/C23H34O4/c1-15(24)27-20-7-6-18-17-5-4-16-14-23(25-12-13-26-23)11-10-21(16,2)19(17)8-9-22(18,20)3/h4,17-20H,5-14H2,1-3H3/t17-,18-,19-,20?,21-,22-/m0/s1. The Kier molecular flexibility index (Phi) is 4.08. The summed E-state index contributed by atoms with van der Waals surface area (Å²) in [4.78, 5) is 11.6. The largest absolute Gasteiger partial charge is 0.462 e. The van der Waals surface area contributed by atoms with Crippen LogP contribution in [0.3, 0.4) is 0 Å². The lowest BCUT2D eigenvalue weighted by molar-refractivity contribution is -0.186. The topological polar surface area (TPSA) is 44.8 Å². The molecule has 1 unspecified atom stereocenters. The minimum absolute atomic E-state index is 0.115. The second kappa shape index (κ2) is 6.06. The SMILES string of the molecule is CC(=O)OC1CC[C@H]2[C@@H]3CC=C4CC5(CC[C@]4(C)[C@H]3CC[C@]12C)OCCO5. The van der Waals surface area contributed by atoms with Gasteiger partial charge in [-0.05, 0) is 61.7 Å². The Morgan fingerprint density at radius 1 is 1.07 bits per heavy atom. The van der Waals surface area contributed by atoms with Crippen molar-refractivity contribution in [3.05, 3.63) is 11.6 Å². The van der Waals surface area contributed by atoms with Gasteiger partial charge in [0.05, 0.1) is 13.2 Å². The summed E-state index contributed by atoms with van der Waals surface area (Å²) < 4.78 is 17.8. The van der Waals surface area contributed by atoms with E-state index < -0.39 is 0 Å². The molecule has 0 aromatic heterocycles. The molecule has 3 saturated carbocycles. The molecule has 0 N–H and O–H groups in total. The molecule has 1 saturated heterocycles. The van der Waals surface area contributed by atoms with Crippen LogP contribution in [0.1, 0.15) is 72.1 Å². The second-order valence-corrected chi connectivity index (χ2v) is 10.3. The fourth-order valence-electron chi connectivity index (χ4n) is 7.69. The first-order chi connectivity index (χ1) is 12.9. The number of allylic oxidation sites excluding steroid dienone is 1. The Bertz CT molecular complexity index is 663. The van der Waals surface area contributed by atoms with E-state index in [1.807, 2.05) is 0 Å². The molecule has 150 valence electrons. The third-order valence-electron chi connectivity index (χ3n) is 9.15. The molecule has 0 amide bonds. The fraction of sp³-hybridized carbons (Fsp3) is 0.870. The number of carbonyl (C=O) groups is 1. The van der Waals surface area contributed by atoms with Crippen molar-refractivity contribution < 1.29 is 19.0 Å². The lowest BCUT2D eigenvalue weighted by atomic mass is 9.47. The number of esters is 1. The van der Waals surface area contributed by atoms with Gasteiger partial charge < -0.3 is 14.2 Å². The molecule has 5 rings (SSSR count). The van der Waals surface area contributed by atoms with Crippen LogP contribution in [0.4, 0.5) is 0 Å². The zero-order valence-electron chi connectivity index (χ0n) is 17.1. The summed E-state index contributed by atoms with van der Waals surface area (Å²) in [6, 6.07) is 0. The lowest BCUT2D eigenvalue weighted by Gasteiger charge is -2.58. The van der Waals surface area contributed by atoms with E-state index in [1.54, 1.807) is 12.5 Å². The van der Waals surface area contributed by atoms with Crippen molar-refractivity contribution in [3.63, 3.8) is 0 Å². The number of hydrogen-bond donors (Lipinski definition) is 0. The predicted molar refractivity (Wildman–Crippen MR) is 102 cm³/mol. The lowest BCUT2D eigenvalue weighted by Crippen LogP contribution is -2.53. The van der Waals surface area contributed by atoms with Crippen LogP contribution in [-0.2, 0) is 19.0 Å². The summed E-state index contributed by atoms with van der Waals surface area (Å²) in [6.45, 7) is 7.96. The molecular weight excluding hydrogens is 340 g/mol. The minimum atomic E-state index is -0.324. The Labute approximate surface area is 163 Å². The molecule has 4 heteroatoms. The van der Waals surface area contributed by atoms with Crippen LogP contribution in [0.5, 0.6) is 0 Å². The van der Waals surface area contributed by atoms with Gasteiger partial charge in [0.25, 0.3) is 0 Å². The number of ether oxygens (including phenoxy) is 3. The molecule has 5 aliphatic rings.